The Hall–Kier alpha value is -2.63. The zero-order chi connectivity index (χ0) is 23.4. The summed E-state index contributed by atoms with van der Waals surface area (Å²) in [5.74, 6) is 0.952. The summed E-state index contributed by atoms with van der Waals surface area (Å²) in [4.78, 5) is 0. The second kappa shape index (κ2) is 7.71. The molecule has 1 unspecified atom stereocenters. The molecule has 2 heterocycles. The molecule has 33 heavy (non-hydrogen) atoms. The van der Waals surface area contributed by atoms with Crippen LogP contribution >= 0.6 is 0 Å². The molecule has 3 aliphatic rings. The van der Waals surface area contributed by atoms with Gasteiger partial charge in [0.1, 0.15) is 17.6 Å². The van der Waals surface area contributed by atoms with Crippen molar-refractivity contribution in [3.63, 3.8) is 0 Å². The van der Waals surface area contributed by atoms with Crippen LogP contribution in [0.5, 0.6) is 5.75 Å². The number of hydrogen-bond donors (Lipinski definition) is 0. The fraction of sp³-hybridized carbons (Fsp3) is 0.464. The Morgan fingerprint density at radius 2 is 2.03 bits per heavy atom. The van der Waals surface area contributed by atoms with Crippen molar-refractivity contribution in [2.24, 2.45) is 10.8 Å². The monoisotopic (exact) mass is 446 g/mol. The number of hydrogen-bond acceptors (Lipinski definition) is 4. The van der Waals surface area contributed by atoms with Gasteiger partial charge in [-0.05, 0) is 55.2 Å². The Kier molecular flexibility index (Phi) is 5.18. The minimum Gasteiger partial charge on any atom is -0.462 e. The van der Waals surface area contributed by atoms with Gasteiger partial charge in [-0.25, -0.2) is 4.68 Å². The molecule has 0 radical (unpaired) electrons. The molecule has 174 valence electrons. The fourth-order valence-electron chi connectivity index (χ4n) is 5.24. The van der Waals surface area contributed by atoms with Crippen molar-refractivity contribution < 1.29 is 14.2 Å². The molecule has 0 bridgehead atoms. The first kappa shape index (κ1) is 22.2. The number of rotatable bonds is 4. The normalized spacial score (nSPS) is 28.7. The molecule has 1 spiro atoms. The van der Waals surface area contributed by atoms with Crippen molar-refractivity contribution in [3.05, 3.63) is 72.3 Å². The van der Waals surface area contributed by atoms with Crippen molar-refractivity contribution in [1.82, 2.24) is 9.78 Å². The molecule has 1 aliphatic heterocycles. The average Bonchev–Trinajstić information content (AvgIpc) is 3.38. The smallest absolute Gasteiger partial charge is 0.178 e. The van der Waals surface area contributed by atoms with E-state index in [0.29, 0.717) is 6.61 Å². The van der Waals surface area contributed by atoms with E-state index < -0.39 is 5.79 Å². The van der Waals surface area contributed by atoms with E-state index >= 15 is 0 Å². The Bertz CT molecular complexity index is 1120. The van der Waals surface area contributed by atoms with Crippen molar-refractivity contribution in [2.45, 2.75) is 65.3 Å². The molecule has 2 aliphatic carbocycles. The van der Waals surface area contributed by atoms with Gasteiger partial charge in [0.25, 0.3) is 0 Å². The summed E-state index contributed by atoms with van der Waals surface area (Å²) in [6, 6.07) is 8.05. The van der Waals surface area contributed by atoms with Gasteiger partial charge in [-0.2, -0.15) is 5.10 Å². The van der Waals surface area contributed by atoms with Crippen LogP contribution in [0.4, 0.5) is 0 Å². The van der Waals surface area contributed by atoms with E-state index in [2.05, 4.69) is 46.9 Å². The maximum Gasteiger partial charge on any atom is 0.178 e. The van der Waals surface area contributed by atoms with E-state index in [0.717, 1.165) is 48.6 Å². The summed E-state index contributed by atoms with van der Waals surface area (Å²) >= 11 is 0. The average molecular weight is 447 g/mol. The largest absolute Gasteiger partial charge is 0.462 e. The summed E-state index contributed by atoms with van der Waals surface area (Å²) in [5.41, 5.74) is 4.46. The first-order valence-electron chi connectivity index (χ1n) is 11.9. The van der Waals surface area contributed by atoms with Gasteiger partial charge in [-0.1, -0.05) is 45.9 Å². The molecule has 5 nitrogen and oxygen atoms in total. The Morgan fingerprint density at radius 1 is 1.27 bits per heavy atom. The van der Waals surface area contributed by atoms with Crippen LogP contribution in [0.15, 0.2) is 61.0 Å². The highest BCUT2D eigenvalue weighted by atomic mass is 16.7. The molecule has 1 aromatic carbocycles. The second-order valence-electron chi connectivity index (χ2n) is 10.7. The maximum atomic E-state index is 6.46. The van der Waals surface area contributed by atoms with E-state index in [1.807, 2.05) is 41.2 Å². The number of benzene rings is 1. The predicted molar refractivity (Wildman–Crippen MR) is 130 cm³/mol. The lowest BCUT2D eigenvalue weighted by atomic mass is 9.62. The summed E-state index contributed by atoms with van der Waals surface area (Å²) < 4.78 is 20.8. The van der Waals surface area contributed by atoms with Crippen molar-refractivity contribution in [1.29, 1.82) is 0 Å². The quantitative estimate of drug-likeness (QED) is 0.412. The predicted octanol–water partition coefficient (Wildman–Crippen LogP) is 6.24. The van der Waals surface area contributed by atoms with Gasteiger partial charge in [0.05, 0.1) is 24.2 Å². The Labute approximate surface area is 196 Å². The van der Waals surface area contributed by atoms with Gasteiger partial charge in [0.15, 0.2) is 5.79 Å². The lowest BCUT2D eigenvalue weighted by Crippen LogP contribution is -2.53. The lowest BCUT2D eigenvalue weighted by Gasteiger charge is -2.51. The molecule has 1 saturated heterocycles. The van der Waals surface area contributed by atoms with Crippen LogP contribution in [0.3, 0.4) is 0 Å². The molecular formula is C28H34N2O3. The molecule has 0 amide bonds. The van der Waals surface area contributed by atoms with Crippen molar-refractivity contribution in [3.8, 4) is 11.4 Å². The van der Waals surface area contributed by atoms with E-state index in [1.54, 1.807) is 0 Å². The Balaban J connectivity index is 1.44. The van der Waals surface area contributed by atoms with Crippen LogP contribution in [-0.4, -0.2) is 28.3 Å². The third-order valence-corrected chi connectivity index (χ3v) is 7.49. The van der Waals surface area contributed by atoms with Crippen LogP contribution < -0.4 is 4.74 Å². The highest BCUT2D eigenvalue weighted by Gasteiger charge is 2.59. The van der Waals surface area contributed by atoms with E-state index in [4.69, 9.17) is 19.3 Å². The minimum atomic E-state index is -0.579. The van der Waals surface area contributed by atoms with Crippen LogP contribution in [0.1, 0.15) is 58.2 Å². The van der Waals surface area contributed by atoms with Gasteiger partial charge >= 0.3 is 0 Å². The zero-order valence-electron chi connectivity index (χ0n) is 20.2. The summed E-state index contributed by atoms with van der Waals surface area (Å²) in [6.07, 6.45) is 9.98. The molecule has 1 aromatic heterocycles. The number of ether oxygens (including phenoxy) is 3. The molecule has 1 saturated carbocycles. The summed E-state index contributed by atoms with van der Waals surface area (Å²) in [5, 5.41) is 4.75. The summed E-state index contributed by atoms with van der Waals surface area (Å²) in [7, 11) is 0. The molecule has 3 atom stereocenters. The van der Waals surface area contributed by atoms with Crippen molar-refractivity contribution in [2.75, 3.05) is 6.61 Å². The second-order valence-corrected chi connectivity index (χ2v) is 10.7. The molecule has 2 fully saturated rings. The maximum absolute atomic E-state index is 6.46. The van der Waals surface area contributed by atoms with Crippen LogP contribution in [0.25, 0.3) is 11.8 Å². The third kappa shape index (κ3) is 3.58. The number of allylic oxidation sites excluding steroid dienone is 1. The first-order chi connectivity index (χ1) is 15.6. The molecule has 2 aromatic rings. The number of fused-ring (bicyclic) bond motifs is 3. The zero-order valence-corrected chi connectivity index (χ0v) is 20.2. The van der Waals surface area contributed by atoms with Crippen LogP contribution in [-0.2, 0) is 15.9 Å². The molecule has 5 rings (SSSR count). The lowest BCUT2D eigenvalue weighted by molar-refractivity contribution is -0.239. The molecule has 5 heteroatoms. The van der Waals surface area contributed by atoms with Gasteiger partial charge in [0, 0.05) is 17.3 Å². The molecule has 0 N–H and O–H groups in total. The highest BCUT2D eigenvalue weighted by Crippen LogP contribution is 2.57. The minimum absolute atomic E-state index is 0.0413. The van der Waals surface area contributed by atoms with Gasteiger partial charge in [-0.3, -0.25) is 0 Å². The standard InChI is InChI=1S/C28H34N2O3/c1-7-23-18-31-28(33-23)14-8-9-21-15-25-20(16-27(21,28)6)17-29-30(25)22-10-12-24(13-11-22)32-19(2)26(3,4)5/h7,10-13,15,17,23H,1-2,8-9,14,16,18H2,3-6H3/t23-,27+,28?/m1/s1. The van der Waals surface area contributed by atoms with E-state index in [9.17, 15) is 0 Å². The third-order valence-electron chi connectivity index (χ3n) is 7.49. The fourth-order valence-corrected chi connectivity index (χ4v) is 5.24. The van der Waals surface area contributed by atoms with Crippen LogP contribution in [0.2, 0.25) is 0 Å². The molecular weight excluding hydrogens is 412 g/mol. The Morgan fingerprint density at radius 3 is 2.70 bits per heavy atom. The number of nitrogens with zero attached hydrogens (tertiary/aromatic N) is 2. The topological polar surface area (TPSA) is 45.5 Å². The highest BCUT2D eigenvalue weighted by molar-refractivity contribution is 5.62. The van der Waals surface area contributed by atoms with E-state index in [1.165, 1.54) is 11.1 Å². The number of aromatic nitrogens is 2. The first-order valence-corrected chi connectivity index (χ1v) is 11.9. The van der Waals surface area contributed by atoms with Crippen molar-refractivity contribution >= 4 is 6.08 Å². The SMILES string of the molecule is C=C[C@@H]1COC2(CCCC3=Cc4c(cnn4-c4ccc(OC(=C)C(C)(C)C)cc4)C[C@@]32C)O1. The summed E-state index contributed by atoms with van der Waals surface area (Å²) in [6.45, 7) is 17.1. The van der Waals surface area contributed by atoms with Gasteiger partial charge < -0.3 is 14.2 Å². The van der Waals surface area contributed by atoms with Crippen LogP contribution in [0, 0.1) is 10.8 Å². The van der Waals surface area contributed by atoms with Gasteiger partial charge in [-0.15, -0.1) is 6.58 Å². The van der Waals surface area contributed by atoms with E-state index in [-0.39, 0.29) is 16.9 Å². The van der Waals surface area contributed by atoms with Gasteiger partial charge in [0.2, 0.25) is 0 Å².